The lowest BCUT2D eigenvalue weighted by Gasteiger charge is -2.10. The first-order chi connectivity index (χ1) is 12.2. The van der Waals surface area contributed by atoms with Crippen LogP contribution in [0.15, 0.2) is 48.8 Å². The molecule has 8 heteroatoms. The number of benzene rings is 2. The number of aromatic nitrogens is 3. The van der Waals surface area contributed by atoms with E-state index in [0.29, 0.717) is 28.4 Å². The van der Waals surface area contributed by atoms with Crippen LogP contribution in [0, 0.1) is 0 Å². The quantitative estimate of drug-likeness (QED) is 0.689. The van der Waals surface area contributed by atoms with Gasteiger partial charge in [0, 0.05) is 34.6 Å². The minimum Gasteiger partial charge on any atom is -0.497 e. The van der Waals surface area contributed by atoms with Crippen LogP contribution in [0.5, 0.6) is 11.5 Å². The lowest BCUT2D eigenvalue weighted by atomic mass is 10.3. The van der Waals surface area contributed by atoms with Gasteiger partial charge in [-0.25, -0.2) is 9.97 Å². The Balaban J connectivity index is 1.80. The van der Waals surface area contributed by atoms with Gasteiger partial charge in [-0.3, -0.25) is 0 Å². The molecule has 0 atom stereocenters. The fourth-order valence-corrected chi connectivity index (χ4v) is 2.31. The Labute approximate surface area is 150 Å². The van der Waals surface area contributed by atoms with Gasteiger partial charge in [0.2, 0.25) is 11.9 Å². The highest BCUT2D eigenvalue weighted by Gasteiger charge is 2.06. The summed E-state index contributed by atoms with van der Waals surface area (Å²) < 4.78 is 10.5. The van der Waals surface area contributed by atoms with E-state index >= 15 is 0 Å². The van der Waals surface area contributed by atoms with Crippen LogP contribution in [0.3, 0.4) is 0 Å². The van der Waals surface area contributed by atoms with Crippen molar-refractivity contribution in [2.75, 3.05) is 24.9 Å². The maximum Gasteiger partial charge on any atom is 0.232 e. The third-order valence-corrected chi connectivity index (χ3v) is 3.50. The number of methoxy groups -OCH3 is 2. The standard InChI is InChI=1S/C17H16ClN5O2/c1-24-14-7-13(8-15(9-14)25-2)22-17-20-10-19-16(23-17)21-12-5-3-4-11(18)6-12/h3-10H,1-2H3,(H2,19,20,21,22,23). The molecule has 2 N–H and O–H groups in total. The molecule has 2 aromatic carbocycles. The van der Waals surface area contributed by atoms with E-state index in [4.69, 9.17) is 21.1 Å². The summed E-state index contributed by atoms with van der Waals surface area (Å²) in [6, 6.07) is 12.7. The van der Waals surface area contributed by atoms with Crippen molar-refractivity contribution in [3.05, 3.63) is 53.8 Å². The van der Waals surface area contributed by atoms with Gasteiger partial charge >= 0.3 is 0 Å². The molecular formula is C17H16ClN5O2. The van der Waals surface area contributed by atoms with Crippen LogP contribution < -0.4 is 20.1 Å². The Bertz CT molecular complexity index is 853. The first-order valence-corrected chi connectivity index (χ1v) is 7.76. The molecule has 0 bridgehead atoms. The SMILES string of the molecule is COc1cc(Nc2ncnc(Nc3cccc(Cl)c3)n2)cc(OC)c1. The van der Waals surface area contributed by atoms with Crippen molar-refractivity contribution in [3.63, 3.8) is 0 Å². The average Bonchev–Trinajstić information content (AvgIpc) is 2.61. The Hall–Kier alpha value is -3.06. The summed E-state index contributed by atoms with van der Waals surface area (Å²) in [5.74, 6) is 2.10. The first-order valence-electron chi connectivity index (χ1n) is 7.38. The van der Waals surface area contributed by atoms with Gasteiger partial charge in [-0.05, 0) is 18.2 Å². The minimum absolute atomic E-state index is 0.384. The molecule has 1 heterocycles. The number of ether oxygens (including phenoxy) is 2. The highest BCUT2D eigenvalue weighted by molar-refractivity contribution is 6.30. The molecule has 0 amide bonds. The lowest BCUT2D eigenvalue weighted by molar-refractivity contribution is 0.395. The predicted octanol–water partition coefficient (Wildman–Crippen LogP) is 4.03. The molecule has 0 saturated heterocycles. The van der Waals surface area contributed by atoms with Crippen LogP contribution in [0.1, 0.15) is 0 Å². The summed E-state index contributed by atoms with van der Waals surface area (Å²) in [5.41, 5.74) is 1.52. The zero-order valence-electron chi connectivity index (χ0n) is 13.7. The molecule has 0 spiro atoms. The minimum atomic E-state index is 0.384. The van der Waals surface area contributed by atoms with Crippen molar-refractivity contribution in [2.45, 2.75) is 0 Å². The lowest BCUT2D eigenvalue weighted by Crippen LogP contribution is -2.03. The molecule has 3 rings (SSSR count). The van der Waals surface area contributed by atoms with E-state index in [2.05, 4.69) is 25.6 Å². The number of hydrogen-bond donors (Lipinski definition) is 2. The fraction of sp³-hybridized carbons (Fsp3) is 0.118. The molecule has 0 aliphatic rings. The van der Waals surface area contributed by atoms with E-state index in [1.54, 1.807) is 32.4 Å². The Kier molecular flexibility index (Phi) is 5.15. The monoisotopic (exact) mass is 357 g/mol. The normalized spacial score (nSPS) is 10.2. The summed E-state index contributed by atoms with van der Waals surface area (Å²) in [6.07, 6.45) is 1.42. The molecule has 0 radical (unpaired) electrons. The smallest absolute Gasteiger partial charge is 0.232 e. The van der Waals surface area contributed by atoms with Gasteiger partial charge in [0.1, 0.15) is 17.8 Å². The number of rotatable bonds is 6. The molecule has 0 aliphatic heterocycles. The molecule has 25 heavy (non-hydrogen) atoms. The second kappa shape index (κ2) is 7.67. The zero-order valence-corrected chi connectivity index (χ0v) is 14.4. The van der Waals surface area contributed by atoms with Crippen molar-refractivity contribution in [1.29, 1.82) is 0 Å². The highest BCUT2D eigenvalue weighted by Crippen LogP contribution is 2.27. The molecular weight excluding hydrogens is 342 g/mol. The zero-order chi connectivity index (χ0) is 17.6. The Morgan fingerprint density at radius 2 is 1.48 bits per heavy atom. The van der Waals surface area contributed by atoms with Crippen LogP contribution >= 0.6 is 11.6 Å². The van der Waals surface area contributed by atoms with Gasteiger partial charge in [-0.2, -0.15) is 4.98 Å². The number of nitrogens with one attached hydrogen (secondary N) is 2. The maximum atomic E-state index is 5.98. The van der Waals surface area contributed by atoms with Crippen molar-refractivity contribution in [2.24, 2.45) is 0 Å². The van der Waals surface area contributed by atoms with Crippen molar-refractivity contribution < 1.29 is 9.47 Å². The number of anilines is 4. The highest BCUT2D eigenvalue weighted by atomic mass is 35.5. The molecule has 0 unspecified atom stereocenters. The third-order valence-electron chi connectivity index (χ3n) is 3.26. The summed E-state index contributed by atoms with van der Waals surface area (Å²) in [5, 5.41) is 6.81. The summed E-state index contributed by atoms with van der Waals surface area (Å²) in [6.45, 7) is 0. The molecule has 7 nitrogen and oxygen atoms in total. The van der Waals surface area contributed by atoms with E-state index in [9.17, 15) is 0 Å². The Morgan fingerprint density at radius 1 is 0.840 bits per heavy atom. The fourth-order valence-electron chi connectivity index (χ4n) is 2.12. The van der Waals surface area contributed by atoms with E-state index < -0.39 is 0 Å². The average molecular weight is 358 g/mol. The van der Waals surface area contributed by atoms with E-state index in [-0.39, 0.29) is 0 Å². The third kappa shape index (κ3) is 4.48. The molecule has 0 saturated carbocycles. The van der Waals surface area contributed by atoms with Gasteiger partial charge in [-0.1, -0.05) is 17.7 Å². The second-order valence-electron chi connectivity index (χ2n) is 4.99. The molecule has 1 aromatic heterocycles. The van der Waals surface area contributed by atoms with E-state index in [1.165, 1.54) is 6.33 Å². The number of nitrogens with zero attached hydrogens (tertiary/aromatic N) is 3. The maximum absolute atomic E-state index is 5.98. The molecule has 0 fully saturated rings. The van der Waals surface area contributed by atoms with E-state index in [1.807, 2.05) is 24.3 Å². The van der Waals surface area contributed by atoms with Gasteiger partial charge < -0.3 is 20.1 Å². The molecule has 0 aliphatic carbocycles. The van der Waals surface area contributed by atoms with Gasteiger partial charge in [0.05, 0.1) is 14.2 Å². The van der Waals surface area contributed by atoms with Gasteiger partial charge in [0.15, 0.2) is 0 Å². The van der Waals surface area contributed by atoms with Crippen molar-refractivity contribution in [1.82, 2.24) is 15.0 Å². The predicted molar refractivity (Wildman–Crippen MR) is 97.4 cm³/mol. The van der Waals surface area contributed by atoms with Crippen molar-refractivity contribution in [3.8, 4) is 11.5 Å². The van der Waals surface area contributed by atoms with Crippen LogP contribution in [0.2, 0.25) is 5.02 Å². The topological polar surface area (TPSA) is 81.2 Å². The van der Waals surface area contributed by atoms with Gasteiger partial charge in [0.25, 0.3) is 0 Å². The first kappa shape index (κ1) is 16.8. The van der Waals surface area contributed by atoms with Gasteiger partial charge in [-0.15, -0.1) is 0 Å². The van der Waals surface area contributed by atoms with Crippen LogP contribution in [0.25, 0.3) is 0 Å². The van der Waals surface area contributed by atoms with Crippen LogP contribution in [-0.2, 0) is 0 Å². The van der Waals surface area contributed by atoms with Crippen LogP contribution in [0.4, 0.5) is 23.3 Å². The number of halogens is 1. The summed E-state index contributed by atoms with van der Waals surface area (Å²) in [7, 11) is 3.18. The Morgan fingerprint density at radius 3 is 2.08 bits per heavy atom. The summed E-state index contributed by atoms with van der Waals surface area (Å²) >= 11 is 5.98. The summed E-state index contributed by atoms with van der Waals surface area (Å²) in [4.78, 5) is 12.6. The van der Waals surface area contributed by atoms with Crippen LogP contribution in [-0.4, -0.2) is 29.2 Å². The second-order valence-corrected chi connectivity index (χ2v) is 5.43. The molecule has 3 aromatic rings. The van der Waals surface area contributed by atoms with E-state index in [0.717, 1.165) is 11.4 Å². The number of hydrogen-bond acceptors (Lipinski definition) is 7. The van der Waals surface area contributed by atoms with Crippen molar-refractivity contribution >= 4 is 34.9 Å². The largest absolute Gasteiger partial charge is 0.497 e. The molecule has 128 valence electrons.